The van der Waals surface area contributed by atoms with Crippen LogP contribution in [-0.2, 0) is 16.6 Å². The molecular weight excluding hydrogens is 410 g/mol. The highest BCUT2D eigenvalue weighted by Gasteiger charge is 2.26. The first-order valence-corrected chi connectivity index (χ1v) is 9.61. The van der Waals surface area contributed by atoms with Gasteiger partial charge in [-0.1, -0.05) is 17.7 Å². The van der Waals surface area contributed by atoms with Crippen LogP contribution in [0.1, 0.15) is 24.2 Å². The van der Waals surface area contributed by atoms with Crippen molar-refractivity contribution >= 4 is 34.5 Å². The van der Waals surface area contributed by atoms with Crippen molar-refractivity contribution in [3.63, 3.8) is 0 Å². The third kappa shape index (κ3) is 2.69. The Morgan fingerprint density at radius 3 is 2.60 bits per heavy atom. The Morgan fingerprint density at radius 1 is 1.23 bits per heavy atom. The summed E-state index contributed by atoms with van der Waals surface area (Å²) in [5.74, 6) is -0.221. The third-order valence-electron chi connectivity index (χ3n) is 5.32. The topological polar surface area (TPSA) is 92.5 Å². The van der Waals surface area contributed by atoms with Crippen molar-refractivity contribution in [3.8, 4) is 5.69 Å². The molecule has 9 nitrogen and oxygen atoms in total. The summed E-state index contributed by atoms with van der Waals surface area (Å²) in [5.41, 5.74) is 1.78. The maximum absolute atomic E-state index is 13.3. The Bertz CT molecular complexity index is 1460. The highest BCUT2D eigenvalue weighted by Crippen LogP contribution is 2.25. The second kappa shape index (κ2) is 6.88. The first-order valence-electron chi connectivity index (χ1n) is 9.23. The van der Waals surface area contributed by atoms with Crippen LogP contribution in [-0.4, -0.2) is 36.2 Å². The number of hydrogen-bond acceptors (Lipinski definition) is 5. The number of hydrogen-bond donors (Lipinski definition) is 0. The minimum Gasteiger partial charge on any atom is -0.467 e. The lowest BCUT2D eigenvalue weighted by Crippen LogP contribution is -2.43. The molecule has 4 aromatic rings. The first-order chi connectivity index (χ1) is 14.2. The van der Waals surface area contributed by atoms with Gasteiger partial charge in [-0.3, -0.25) is 18.3 Å². The van der Waals surface area contributed by atoms with Crippen molar-refractivity contribution in [2.45, 2.75) is 26.8 Å². The number of imidazole rings is 2. The Morgan fingerprint density at radius 2 is 1.93 bits per heavy atom. The number of rotatable bonds is 3. The molecule has 156 valence electrons. The summed E-state index contributed by atoms with van der Waals surface area (Å²) >= 11 is 6.20. The van der Waals surface area contributed by atoms with Crippen molar-refractivity contribution in [1.29, 1.82) is 0 Å². The Labute approximate surface area is 175 Å². The molecule has 3 aromatic heterocycles. The number of carbonyl (C=O) groups is 1. The van der Waals surface area contributed by atoms with Gasteiger partial charge >= 0.3 is 11.7 Å². The lowest BCUT2D eigenvalue weighted by molar-refractivity contribution is -0.144. The smallest absolute Gasteiger partial charge is 0.333 e. The maximum Gasteiger partial charge on any atom is 0.333 e. The molecule has 0 unspecified atom stereocenters. The molecule has 0 aliphatic heterocycles. The molecular formula is C20H20ClN5O4. The van der Waals surface area contributed by atoms with Gasteiger partial charge in [0.15, 0.2) is 11.2 Å². The van der Waals surface area contributed by atoms with Gasteiger partial charge in [0.05, 0.1) is 12.8 Å². The Kier molecular flexibility index (Phi) is 4.58. The molecule has 10 heteroatoms. The fourth-order valence-corrected chi connectivity index (χ4v) is 3.88. The van der Waals surface area contributed by atoms with Crippen molar-refractivity contribution in [1.82, 2.24) is 23.1 Å². The summed E-state index contributed by atoms with van der Waals surface area (Å²) in [6.07, 6.45) is 1.77. The van der Waals surface area contributed by atoms with Crippen LogP contribution >= 0.6 is 11.6 Å². The van der Waals surface area contributed by atoms with E-state index < -0.39 is 23.3 Å². The van der Waals surface area contributed by atoms with Crippen molar-refractivity contribution in [2.75, 3.05) is 7.11 Å². The Balaban J connectivity index is 2.13. The molecule has 30 heavy (non-hydrogen) atoms. The van der Waals surface area contributed by atoms with E-state index in [9.17, 15) is 14.4 Å². The molecule has 0 spiro atoms. The molecule has 0 aliphatic carbocycles. The number of methoxy groups -OCH3 is 1. The van der Waals surface area contributed by atoms with Crippen LogP contribution in [0.2, 0.25) is 5.02 Å². The number of ether oxygens (including phenoxy) is 1. The van der Waals surface area contributed by atoms with E-state index in [-0.39, 0.29) is 11.2 Å². The number of esters is 1. The molecule has 1 aromatic carbocycles. The molecule has 0 saturated heterocycles. The fourth-order valence-electron chi connectivity index (χ4n) is 3.72. The summed E-state index contributed by atoms with van der Waals surface area (Å²) in [6.45, 7) is 5.29. The van der Waals surface area contributed by atoms with Crippen molar-refractivity contribution in [3.05, 3.63) is 61.5 Å². The van der Waals surface area contributed by atoms with E-state index >= 15 is 0 Å². The Hall–Kier alpha value is -3.33. The molecule has 0 bridgehead atoms. The van der Waals surface area contributed by atoms with Crippen LogP contribution in [0.15, 0.2) is 34.0 Å². The highest BCUT2D eigenvalue weighted by atomic mass is 35.5. The number of nitrogens with zero attached hydrogens (tertiary/aromatic N) is 5. The second-order valence-electron chi connectivity index (χ2n) is 7.21. The van der Waals surface area contributed by atoms with Crippen LogP contribution in [0.25, 0.3) is 22.6 Å². The summed E-state index contributed by atoms with van der Waals surface area (Å²) in [5, 5.41) is 0.569. The fraction of sp³-hybridized carbons (Fsp3) is 0.300. The lowest BCUT2D eigenvalue weighted by atomic mass is 10.2. The van der Waals surface area contributed by atoms with Gasteiger partial charge < -0.3 is 4.74 Å². The number of halogens is 1. The molecule has 0 fully saturated rings. The maximum atomic E-state index is 13.3. The van der Waals surface area contributed by atoms with Gasteiger partial charge in [-0.25, -0.2) is 14.2 Å². The summed E-state index contributed by atoms with van der Waals surface area (Å²) in [4.78, 5) is 42.7. The predicted molar refractivity (Wildman–Crippen MR) is 113 cm³/mol. The molecule has 0 saturated carbocycles. The van der Waals surface area contributed by atoms with Gasteiger partial charge in [-0.05, 0) is 38.5 Å². The van der Waals surface area contributed by atoms with Crippen LogP contribution in [0, 0.1) is 13.8 Å². The van der Waals surface area contributed by atoms with Crippen molar-refractivity contribution < 1.29 is 9.53 Å². The minimum absolute atomic E-state index is 0.199. The monoisotopic (exact) mass is 429 g/mol. The largest absolute Gasteiger partial charge is 0.467 e. The molecule has 0 N–H and O–H groups in total. The average Bonchev–Trinajstić information content (AvgIpc) is 3.22. The standard InChI is InChI=1S/C20H20ClN5O4/c1-10-6-7-13(21)8-14(10)25-11(2)9-24-15-16(22-19(24)25)23(4)20(29)26(17(15)27)12(3)18(28)30-5/h6-9,12H,1-5H3/t12-/m1/s1. The van der Waals surface area contributed by atoms with E-state index in [2.05, 4.69) is 4.98 Å². The van der Waals surface area contributed by atoms with E-state index in [1.54, 1.807) is 16.7 Å². The van der Waals surface area contributed by atoms with Gasteiger partial charge in [0.1, 0.15) is 6.04 Å². The van der Waals surface area contributed by atoms with Crippen LogP contribution in [0.3, 0.4) is 0 Å². The van der Waals surface area contributed by atoms with Gasteiger partial charge in [0, 0.05) is 24.0 Å². The number of benzene rings is 1. The lowest BCUT2D eigenvalue weighted by Gasteiger charge is -2.13. The second-order valence-corrected chi connectivity index (χ2v) is 7.64. The molecule has 3 heterocycles. The number of carbonyl (C=O) groups excluding carboxylic acids is 1. The zero-order valence-electron chi connectivity index (χ0n) is 17.1. The number of aromatic nitrogens is 5. The van der Waals surface area contributed by atoms with E-state index in [0.717, 1.165) is 21.5 Å². The summed E-state index contributed by atoms with van der Waals surface area (Å²) in [6, 6.07) is 4.45. The van der Waals surface area contributed by atoms with Gasteiger partial charge in [0.2, 0.25) is 5.78 Å². The van der Waals surface area contributed by atoms with Gasteiger partial charge in [-0.15, -0.1) is 0 Å². The molecule has 0 amide bonds. The van der Waals surface area contributed by atoms with E-state index in [1.807, 2.05) is 30.5 Å². The van der Waals surface area contributed by atoms with E-state index in [1.165, 1.54) is 25.6 Å². The molecule has 4 rings (SSSR count). The van der Waals surface area contributed by atoms with Gasteiger partial charge in [-0.2, -0.15) is 4.98 Å². The normalized spacial score (nSPS) is 12.6. The molecule has 0 aliphatic rings. The highest BCUT2D eigenvalue weighted by molar-refractivity contribution is 6.30. The summed E-state index contributed by atoms with van der Waals surface area (Å²) in [7, 11) is 2.72. The zero-order chi connectivity index (χ0) is 21.9. The summed E-state index contributed by atoms with van der Waals surface area (Å²) < 4.78 is 10.4. The minimum atomic E-state index is -1.07. The number of aryl methyl sites for hydroxylation is 3. The first kappa shape index (κ1) is 20.0. The predicted octanol–water partition coefficient (Wildman–Crippen LogP) is 2.14. The number of fused-ring (bicyclic) bond motifs is 3. The van der Waals surface area contributed by atoms with E-state index in [4.69, 9.17) is 16.3 Å². The van der Waals surface area contributed by atoms with Crippen LogP contribution in [0.5, 0.6) is 0 Å². The molecule has 0 radical (unpaired) electrons. The van der Waals surface area contributed by atoms with Crippen molar-refractivity contribution in [2.24, 2.45) is 7.05 Å². The quantitative estimate of drug-likeness (QED) is 0.465. The van der Waals surface area contributed by atoms with Crippen LogP contribution in [0.4, 0.5) is 0 Å². The average molecular weight is 430 g/mol. The third-order valence-corrected chi connectivity index (χ3v) is 5.55. The zero-order valence-corrected chi connectivity index (χ0v) is 17.9. The van der Waals surface area contributed by atoms with E-state index in [0.29, 0.717) is 10.8 Å². The van der Waals surface area contributed by atoms with Crippen LogP contribution < -0.4 is 11.2 Å². The SMILES string of the molecule is COC(=O)[C@@H](C)n1c(=O)c2c(nc3n(-c4cc(Cl)ccc4C)c(C)cn23)n(C)c1=O. The molecule has 1 atom stereocenters. The van der Waals surface area contributed by atoms with Gasteiger partial charge in [0.25, 0.3) is 5.56 Å².